The monoisotopic (exact) mass is 315 g/mol. The summed E-state index contributed by atoms with van der Waals surface area (Å²) in [6, 6.07) is 2.40. The van der Waals surface area contributed by atoms with Crippen LogP contribution in [-0.4, -0.2) is 11.2 Å². The molecule has 0 aromatic heterocycles. The predicted octanol–water partition coefficient (Wildman–Crippen LogP) is 3.55. The van der Waals surface area contributed by atoms with Gasteiger partial charge in [-0.15, -0.1) is 12.4 Å². The highest BCUT2D eigenvalue weighted by Gasteiger charge is 2.39. The number of rotatable bonds is 3. The molecule has 2 atom stereocenters. The molecule has 1 aromatic carbocycles. The average Bonchev–Trinajstić information content (AvgIpc) is 3.09. The molecule has 1 aromatic rings. The third kappa shape index (κ3) is 3.75. The Balaban J connectivity index is 0.00000180. The van der Waals surface area contributed by atoms with E-state index in [9.17, 15) is 18.3 Å². The number of nitrogens with two attached hydrogens (primary N) is 1. The van der Waals surface area contributed by atoms with Crippen LogP contribution in [0, 0.1) is 5.92 Å². The standard InChI is InChI=1S/C12H13ClF3NO.ClH/c13-7-3-4-8(9(5-7)12(14,15)16)10(17)11(18)6-1-2-6;/h3-6,10-11,18H,1-2,17H2;1H/t10-,11+;/m1./s1. The number of alkyl halides is 3. The van der Waals surface area contributed by atoms with Crippen molar-refractivity contribution < 1.29 is 18.3 Å². The number of hydrogen-bond donors (Lipinski definition) is 2. The van der Waals surface area contributed by atoms with Crippen LogP contribution in [0.25, 0.3) is 0 Å². The fourth-order valence-corrected chi connectivity index (χ4v) is 2.15. The van der Waals surface area contributed by atoms with Gasteiger partial charge in [-0.05, 0) is 36.5 Å². The number of halogens is 5. The second-order valence-corrected chi connectivity index (χ2v) is 5.02. The van der Waals surface area contributed by atoms with Crippen molar-refractivity contribution in [1.82, 2.24) is 0 Å². The lowest BCUT2D eigenvalue weighted by atomic mass is 9.94. The molecular weight excluding hydrogens is 302 g/mol. The van der Waals surface area contributed by atoms with E-state index in [1.165, 1.54) is 12.1 Å². The highest BCUT2D eigenvalue weighted by Crippen LogP contribution is 2.41. The van der Waals surface area contributed by atoms with Gasteiger partial charge in [0.25, 0.3) is 0 Å². The highest BCUT2D eigenvalue weighted by molar-refractivity contribution is 6.30. The first-order valence-electron chi connectivity index (χ1n) is 5.61. The minimum atomic E-state index is -4.53. The molecule has 0 heterocycles. The molecule has 0 bridgehead atoms. The molecule has 0 radical (unpaired) electrons. The molecule has 3 N–H and O–H groups in total. The smallest absolute Gasteiger partial charge is 0.391 e. The lowest BCUT2D eigenvalue weighted by Gasteiger charge is -2.22. The fourth-order valence-electron chi connectivity index (χ4n) is 1.98. The van der Waals surface area contributed by atoms with Gasteiger partial charge in [0.05, 0.1) is 17.7 Å². The molecule has 7 heteroatoms. The van der Waals surface area contributed by atoms with Crippen LogP contribution in [0.3, 0.4) is 0 Å². The van der Waals surface area contributed by atoms with Crippen molar-refractivity contribution in [3.05, 3.63) is 34.3 Å². The maximum atomic E-state index is 12.9. The lowest BCUT2D eigenvalue weighted by Crippen LogP contribution is -2.30. The van der Waals surface area contributed by atoms with Gasteiger partial charge < -0.3 is 10.8 Å². The fraction of sp³-hybridized carbons (Fsp3) is 0.500. The topological polar surface area (TPSA) is 46.2 Å². The summed E-state index contributed by atoms with van der Waals surface area (Å²) < 4.78 is 38.6. The first-order chi connectivity index (χ1) is 8.30. The summed E-state index contributed by atoms with van der Waals surface area (Å²) in [6.07, 6.45) is -3.85. The Morgan fingerprint density at radius 1 is 1.32 bits per heavy atom. The van der Waals surface area contributed by atoms with Crippen LogP contribution in [0.5, 0.6) is 0 Å². The Hall–Kier alpha value is -0.490. The van der Waals surface area contributed by atoms with Crippen molar-refractivity contribution in [1.29, 1.82) is 0 Å². The van der Waals surface area contributed by atoms with E-state index in [1.54, 1.807) is 0 Å². The van der Waals surface area contributed by atoms with Gasteiger partial charge in [0.15, 0.2) is 0 Å². The van der Waals surface area contributed by atoms with E-state index in [0.29, 0.717) is 0 Å². The average molecular weight is 316 g/mol. The van der Waals surface area contributed by atoms with Crippen molar-refractivity contribution in [2.75, 3.05) is 0 Å². The Labute approximate surface area is 120 Å². The van der Waals surface area contributed by atoms with Gasteiger partial charge in [-0.25, -0.2) is 0 Å². The highest BCUT2D eigenvalue weighted by atomic mass is 35.5. The molecule has 19 heavy (non-hydrogen) atoms. The van der Waals surface area contributed by atoms with E-state index in [2.05, 4.69) is 0 Å². The molecule has 2 rings (SSSR count). The van der Waals surface area contributed by atoms with Crippen LogP contribution in [0.2, 0.25) is 5.02 Å². The molecule has 0 amide bonds. The Morgan fingerprint density at radius 2 is 1.89 bits per heavy atom. The van der Waals surface area contributed by atoms with Crippen molar-refractivity contribution in [2.24, 2.45) is 11.7 Å². The molecule has 1 aliphatic rings. The number of aliphatic hydroxyl groups is 1. The molecule has 2 nitrogen and oxygen atoms in total. The Bertz CT molecular complexity index is 449. The normalized spacial score (nSPS) is 18.6. The van der Waals surface area contributed by atoms with Crippen LogP contribution >= 0.6 is 24.0 Å². The van der Waals surface area contributed by atoms with Gasteiger partial charge in [0.2, 0.25) is 0 Å². The van der Waals surface area contributed by atoms with E-state index in [4.69, 9.17) is 17.3 Å². The summed E-state index contributed by atoms with van der Waals surface area (Å²) in [5.41, 5.74) is 4.76. The summed E-state index contributed by atoms with van der Waals surface area (Å²) >= 11 is 5.58. The zero-order valence-electron chi connectivity index (χ0n) is 9.82. The van der Waals surface area contributed by atoms with E-state index >= 15 is 0 Å². The van der Waals surface area contributed by atoms with Crippen LogP contribution in [0.4, 0.5) is 13.2 Å². The van der Waals surface area contributed by atoms with Crippen molar-refractivity contribution in [2.45, 2.75) is 31.2 Å². The van der Waals surface area contributed by atoms with E-state index in [0.717, 1.165) is 18.9 Å². The van der Waals surface area contributed by atoms with E-state index < -0.39 is 23.9 Å². The minimum absolute atomic E-state index is 0. The quantitative estimate of drug-likeness (QED) is 0.896. The SMILES string of the molecule is Cl.N[C@H](c1ccc(Cl)cc1C(F)(F)F)[C@@H](O)C1CC1. The molecular formula is C12H14Cl2F3NO. The Morgan fingerprint density at radius 3 is 2.37 bits per heavy atom. The molecule has 0 saturated heterocycles. The summed E-state index contributed by atoms with van der Waals surface area (Å²) in [5.74, 6) is 0.0109. The number of aliphatic hydroxyl groups excluding tert-OH is 1. The van der Waals surface area contributed by atoms with Crippen molar-refractivity contribution >= 4 is 24.0 Å². The third-order valence-corrected chi connectivity index (χ3v) is 3.39. The van der Waals surface area contributed by atoms with Crippen molar-refractivity contribution in [3.8, 4) is 0 Å². The second kappa shape index (κ2) is 5.87. The van der Waals surface area contributed by atoms with Crippen LogP contribution < -0.4 is 5.73 Å². The van der Waals surface area contributed by atoms with Gasteiger partial charge in [-0.1, -0.05) is 17.7 Å². The number of benzene rings is 1. The van der Waals surface area contributed by atoms with E-state index in [1.807, 2.05) is 0 Å². The summed E-state index contributed by atoms with van der Waals surface area (Å²) in [6.45, 7) is 0. The predicted molar refractivity (Wildman–Crippen MR) is 69.4 cm³/mol. The largest absolute Gasteiger partial charge is 0.416 e. The molecule has 1 fully saturated rings. The Kier molecular flexibility index (Phi) is 5.12. The number of hydrogen-bond acceptors (Lipinski definition) is 2. The van der Waals surface area contributed by atoms with Crippen LogP contribution in [0.15, 0.2) is 18.2 Å². The maximum Gasteiger partial charge on any atom is 0.416 e. The van der Waals surface area contributed by atoms with Gasteiger partial charge in [0.1, 0.15) is 0 Å². The molecule has 1 saturated carbocycles. The van der Waals surface area contributed by atoms with Crippen LogP contribution in [-0.2, 0) is 6.18 Å². The maximum absolute atomic E-state index is 12.9. The summed E-state index contributed by atoms with van der Waals surface area (Å²) in [5, 5.41) is 9.84. The molecule has 108 valence electrons. The first-order valence-corrected chi connectivity index (χ1v) is 5.99. The van der Waals surface area contributed by atoms with Crippen molar-refractivity contribution in [3.63, 3.8) is 0 Å². The zero-order valence-corrected chi connectivity index (χ0v) is 11.4. The van der Waals surface area contributed by atoms with Gasteiger partial charge in [-0.2, -0.15) is 13.2 Å². The first kappa shape index (κ1) is 16.6. The van der Waals surface area contributed by atoms with Crippen LogP contribution in [0.1, 0.15) is 30.0 Å². The lowest BCUT2D eigenvalue weighted by molar-refractivity contribution is -0.138. The summed E-state index contributed by atoms with van der Waals surface area (Å²) in [4.78, 5) is 0. The zero-order chi connectivity index (χ0) is 13.5. The molecule has 0 spiro atoms. The molecule has 0 aliphatic heterocycles. The summed E-state index contributed by atoms with van der Waals surface area (Å²) in [7, 11) is 0. The second-order valence-electron chi connectivity index (χ2n) is 4.58. The molecule has 0 unspecified atom stereocenters. The molecule has 1 aliphatic carbocycles. The minimum Gasteiger partial charge on any atom is -0.391 e. The third-order valence-electron chi connectivity index (χ3n) is 3.15. The van der Waals surface area contributed by atoms with Gasteiger partial charge in [-0.3, -0.25) is 0 Å². The van der Waals surface area contributed by atoms with E-state index in [-0.39, 0.29) is 28.9 Å². The van der Waals surface area contributed by atoms with Gasteiger partial charge >= 0.3 is 6.18 Å². The van der Waals surface area contributed by atoms with Gasteiger partial charge in [0, 0.05) is 5.02 Å².